The molecule has 1 aromatic rings. The quantitative estimate of drug-likeness (QED) is 0.641. The van der Waals surface area contributed by atoms with E-state index in [1.54, 1.807) is 0 Å². The van der Waals surface area contributed by atoms with Crippen molar-refractivity contribution >= 4 is 8.07 Å². The number of hydrogen-bond acceptors (Lipinski definition) is 1. The van der Waals surface area contributed by atoms with Crippen LogP contribution in [0.4, 0.5) is 0 Å². The number of allylic oxidation sites excluding steroid dienone is 2. The summed E-state index contributed by atoms with van der Waals surface area (Å²) in [5, 5.41) is 11.1. The van der Waals surface area contributed by atoms with Crippen LogP contribution in [0.2, 0.25) is 19.6 Å². The lowest BCUT2D eigenvalue weighted by atomic mass is 9.87. The minimum atomic E-state index is -1.52. The van der Waals surface area contributed by atoms with Gasteiger partial charge in [-0.3, -0.25) is 0 Å². The molecule has 0 bridgehead atoms. The van der Waals surface area contributed by atoms with Gasteiger partial charge in [-0.05, 0) is 12.0 Å². The Morgan fingerprint density at radius 2 is 1.84 bits per heavy atom. The highest BCUT2D eigenvalue weighted by molar-refractivity contribution is 6.83. The largest absolute Gasteiger partial charge is 0.369 e. The van der Waals surface area contributed by atoms with Crippen molar-refractivity contribution in [2.75, 3.05) is 0 Å². The molecule has 0 aliphatic heterocycles. The molecule has 1 unspecified atom stereocenters. The van der Waals surface area contributed by atoms with Gasteiger partial charge in [-0.1, -0.05) is 74.1 Å². The van der Waals surface area contributed by atoms with Gasteiger partial charge in [0, 0.05) is 5.56 Å². The van der Waals surface area contributed by atoms with Crippen molar-refractivity contribution in [3.05, 3.63) is 59.7 Å². The molecule has 0 heterocycles. The van der Waals surface area contributed by atoms with Crippen LogP contribution in [0.15, 0.2) is 54.1 Å². The second-order valence-electron chi connectivity index (χ2n) is 5.87. The van der Waals surface area contributed by atoms with Crippen LogP contribution in [0.25, 0.3) is 0 Å². The molecule has 19 heavy (non-hydrogen) atoms. The van der Waals surface area contributed by atoms with E-state index in [1.165, 1.54) is 0 Å². The molecule has 1 aromatic carbocycles. The summed E-state index contributed by atoms with van der Waals surface area (Å²) in [5.41, 5.74) is 3.87. The Labute approximate surface area is 116 Å². The maximum atomic E-state index is 11.1. The monoisotopic (exact) mass is 268 g/mol. The first-order valence-electron chi connectivity index (χ1n) is 6.61. The Morgan fingerprint density at radius 1 is 1.16 bits per heavy atom. The number of rotatable bonds is 2. The number of aliphatic hydroxyl groups is 1. The van der Waals surface area contributed by atoms with Crippen LogP contribution in [-0.4, -0.2) is 13.2 Å². The maximum absolute atomic E-state index is 11.1. The average molecular weight is 268 g/mol. The molecule has 2 heteroatoms. The second-order valence-corrected chi connectivity index (χ2v) is 10.6. The van der Waals surface area contributed by atoms with Crippen LogP contribution < -0.4 is 0 Å². The lowest BCUT2D eigenvalue weighted by Gasteiger charge is -2.24. The molecule has 1 atom stereocenters. The van der Waals surface area contributed by atoms with E-state index in [1.807, 2.05) is 42.5 Å². The van der Waals surface area contributed by atoms with E-state index in [2.05, 4.69) is 37.2 Å². The van der Waals surface area contributed by atoms with Gasteiger partial charge in [0.1, 0.15) is 8.07 Å². The van der Waals surface area contributed by atoms with Gasteiger partial charge in [-0.2, -0.15) is 0 Å². The molecule has 1 nitrogen and oxygen atoms in total. The summed E-state index contributed by atoms with van der Waals surface area (Å²) in [6, 6.07) is 9.71. The summed E-state index contributed by atoms with van der Waals surface area (Å²) in [6.45, 7) is 6.55. The van der Waals surface area contributed by atoms with Gasteiger partial charge < -0.3 is 5.11 Å². The standard InChI is InChI=1S/C17H20OSi/c1-19(2,3)14-13-17(18,16-11-7-8-12-16)15-9-5-4-6-10-15/h4-7,9-12,18H,8H2,1-3H3. The zero-order valence-electron chi connectivity index (χ0n) is 11.8. The van der Waals surface area contributed by atoms with E-state index >= 15 is 0 Å². The molecule has 0 spiro atoms. The molecule has 1 N–H and O–H groups in total. The summed E-state index contributed by atoms with van der Waals surface area (Å²) in [6.07, 6.45) is 6.95. The van der Waals surface area contributed by atoms with E-state index < -0.39 is 13.7 Å². The fraction of sp³-hybridized carbons (Fsp3) is 0.294. The highest BCUT2D eigenvalue weighted by atomic mass is 28.3. The summed E-state index contributed by atoms with van der Waals surface area (Å²) < 4.78 is 0. The summed E-state index contributed by atoms with van der Waals surface area (Å²) in [4.78, 5) is 0. The minimum absolute atomic E-state index is 0.846. The zero-order chi connectivity index (χ0) is 13.9. The van der Waals surface area contributed by atoms with Gasteiger partial charge >= 0.3 is 0 Å². The van der Waals surface area contributed by atoms with Crippen molar-refractivity contribution in [2.45, 2.75) is 31.7 Å². The number of benzene rings is 1. The SMILES string of the molecule is C[Si](C)(C)C#CC(O)(C1=CCC=C1)c1ccccc1. The van der Waals surface area contributed by atoms with Crippen LogP contribution >= 0.6 is 0 Å². The fourth-order valence-corrected chi connectivity index (χ4v) is 2.55. The molecule has 0 saturated carbocycles. The van der Waals surface area contributed by atoms with Crippen LogP contribution in [0.3, 0.4) is 0 Å². The number of hydrogen-bond donors (Lipinski definition) is 1. The summed E-state index contributed by atoms with van der Waals surface area (Å²) in [7, 11) is -1.52. The molecule has 0 aromatic heterocycles. The normalized spacial score (nSPS) is 17.4. The van der Waals surface area contributed by atoms with Gasteiger partial charge in [0.15, 0.2) is 5.60 Å². The van der Waals surface area contributed by atoms with Crippen molar-refractivity contribution in [3.63, 3.8) is 0 Å². The van der Waals surface area contributed by atoms with E-state index in [0.717, 1.165) is 17.6 Å². The summed E-state index contributed by atoms with van der Waals surface area (Å²) in [5.74, 6) is 3.14. The predicted octanol–water partition coefficient (Wildman–Crippen LogP) is 3.64. The van der Waals surface area contributed by atoms with Crippen molar-refractivity contribution in [2.24, 2.45) is 0 Å². The first-order chi connectivity index (χ1) is 8.92. The molecule has 0 fully saturated rings. The lowest BCUT2D eigenvalue weighted by Crippen LogP contribution is -2.27. The Hall–Kier alpha value is -1.56. The second kappa shape index (κ2) is 5.20. The van der Waals surface area contributed by atoms with Gasteiger partial charge in [0.2, 0.25) is 0 Å². The van der Waals surface area contributed by atoms with Crippen LogP contribution in [0, 0.1) is 11.5 Å². The van der Waals surface area contributed by atoms with Gasteiger partial charge in [0.05, 0.1) is 0 Å². The molecule has 1 aliphatic carbocycles. The molecule has 0 amide bonds. The van der Waals surface area contributed by atoms with Crippen LogP contribution in [0.1, 0.15) is 12.0 Å². The van der Waals surface area contributed by atoms with Crippen molar-refractivity contribution in [1.29, 1.82) is 0 Å². The van der Waals surface area contributed by atoms with Crippen LogP contribution in [0.5, 0.6) is 0 Å². The topological polar surface area (TPSA) is 20.2 Å². The van der Waals surface area contributed by atoms with Crippen molar-refractivity contribution < 1.29 is 5.11 Å². The van der Waals surface area contributed by atoms with E-state index in [-0.39, 0.29) is 0 Å². The third kappa shape index (κ3) is 3.26. The summed E-state index contributed by atoms with van der Waals surface area (Å²) >= 11 is 0. The Balaban J connectivity index is 2.50. The third-order valence-corrected chi connectivity index (χ3v) is 3.87. The molecule has 98 valence electrons. The zero-order valence-corrected chi connectivity index (χ0v) is 12.8. The molecule has 0 saturated heterocycles. The van der Waals surface area contributed by atoms with Crippen molar-refractivity contribution in [1.82, 2.24) is 0 Å². The van der Waals surface area contributed by atoms with Gasteiger partial charge in [-0.25, -0.2) is 0 Å². The van der Waals surface area contributed by atoms with E-state index in [0.29, 0.717) is 0 Å². The first kappa shape index (κ1) is 13.9. The maximum Gasteiger partial charge on any atom is 0.175 e. The molecule has 1 aliphatic rings. The molecule has 2 rings (SSSR count). The van der Waals surface area contributed by atoms with E-state index in [9.17, 15) is 5.11 Å². The van der Waals surface area contributed by atoms with Crippen molar-refractivity contribution in [3.8, 4) is 11.5 Å². The molecule has 0 radical (unpaired) electrons. The lowest BCUT2D eigenvalue weighted by molar-refractivity contribution is 0.145. The first-order valence-corrected chi connectivity index (χ1v) is 10.1. The highest BCUT2D eigenvalue weighted by Crippen LogP contribution is 2.32. The Kier molecular flexibility index (Phi) is 3.80. The van der Waals surface area contributed by atoms with Gasteiger partial charge in [-0.15, -0.1) is 5.54 Å². The molecular formula is C17H20OSi. The van der Waals surface area contributed by atoms with E-state index in [4.69, 9.17) is 0 Å². The molecular weight excluding hydrogens is 248 g/mol. The predicted molar refractivity (Wildman–Crippen MR) is 83.3 cm³/mol. The van der Waals surface area contributed by atoms with Crippen LogP contribution in [-0.2, 0) is 5.60 Å². The Bertz CT molecular complexity index is 567. The fourth-order valence-electron chi connectivity index (χ4n) is 1.99. The Morgan fingerprint density at radius 3 is 2.37 bits per heavy atom. The minimum Gasteiger partial charge on any atom is -0.369 e. The van der Waals surface area contributed by atoms with Gasteiger partial charge in [0.25, 0.3) is 0 Å². The highest BCUT2D eigenvalue weighted by Gasteiger charge is 2.31. The smallest absolute Gasteiger partial charge is 0.175 e. The third-order valence-electron chi connectivity index (χ3n) is 3.00. The average Bonchev–Trinajstić information content (AvgIpc) is 2.90.